The fraction of sp³-hybridized carbons (Fsp3) is 0.424. The number of carbonyl (C=O) groups is 1. The van der Waals surface area contributed by atoms with E-state index in [1.54, 1.807) is 30.5 Å². The van der Waals surface area contributed by atoms with E-state index in [1.165, 1.54) is 6.07 Å². The van der Waals surface area contributed by atoms with Gasteiger partial charge < -0.3 is 55.7 Å². The molecule has 0 radical (unpaired) electrons. The molecule has 10 rings (SSSR count). The third-order valence-electron chi connectivity index (χ3n) is 16.4. The maximum Gasteiger partial charge on any atom is 0.200 e. The molecule has 378 valence electrons. The number of hydrogen-bond acceptors (Lipinski definition) is 12. The zero-order valence-corrected chi connectivity index (χ0v) is 41.2. The van der Waals surface area contributed by atoms with E-state index < -0.39 is 35.4 Å². The minimum Gasteiger partial charge on any atom is -0.508 e. The fourth-order valence-corrected chi connectivity index (χ4v) is 13.0. The Hall–Kier alpha value is -6.54. The number of carbonyl (C=O) groups excluding carboxylic acids is 1. The number of H-pyrrole nitrogens is 1. The number of aliphatic hydroxyl groups is 2. The largest absolute Gasteiger partial charge is 0.508 e. The summed E-state index contributed by atoms with van der Waals surface area (Å²) in [5.41, 5.74) is 4.76. The van der Waals surface area contributed by atoms with Crippen LogP contribution >= 0.6 is 0 Å². The maximum absolute atomic E-state index is 16.4. The van der Waals surface area contributed by atoms with Crippen LogP contribution < -0.4 is 20.1 Å². The Morgan fingerprint density at radius 3 is 2.69 bits per heavy atom. The normalized spacial score (nSPS) is 25.6. The summed E-state index contributed by atoms with van der Waals surface area (Å²) in [5, 5.41) is 78.7. The van der Waals surface area contributed by atoms with Gasteiger partial charge in [-0.1, -0.05) is 37.3 Å². The van der Waals surface area contributed by atoms with Gasteiger partial charge in [0.25, 0.3) is 0 Å². The smallest absolute Gasteiger partial charge is 0.200 e. The molecule has 2 aromatic heterocycles. The lowest BCUT2D eigenvalue weighted by Gasteiger charge is -2.45. The molecule has 4 aliphatic rings. The third-order valence-corrected chi connectivity index (χ3v) is 16.4. The van der Waals surface area contributed by atoms with Crippen molar-refractivity contribution < 1.29 is 44.9 Å². The van der Waals surface area contributed by atoms with Gasteiger partial charge in [-0.3, -0.25) is 4.79 Å². The molecule has 4 aromatic carbocycles. The Morgan fingerprint density at radius 2 is 1.88 bits per heavy atom. The van der Waals surface area contributed by atoms with Crippen LogP contribution in [0.5, 0.6) is 34.5 Å². The highest BCUT2D eigenvalue weighted by atomic mass is 16.5. The van der Waals surface area contributed by atoms with Crippen LogP contribution in [0.4, 0.5) is 11.5 Å². The van der Waals surface area contributed by atoms with Crippen molar-refractivity contribution in [1.29, 1.82) is 0 Å². The van der Waals surface area contributed by atoms with Crippen molar-refractivity contribution in [1.82, 2.24) is 15.3 Å². The molecule has 2 bridgehead atoms. The quantitative estimate of drug-likeness (QED) is 0.0415. The summed E-state index contributed by atoms with van der Waals surface area (Å²) < 4.78 is 12.3. The van der Waals surface area contributed by atoms with Gasteiger partial charge in [0.2, 0.25) is 5.75 Å². The van der Waals surface area contributed by atoms with Crippen LogP contribution in [-0.2, 0) is 29.5 Å². The standard InChI is InChI=1S/C59H68N4O9/c1-34-6-3-7-35(24-34)33-72-53-29-39(28-52(69)57(53)70)38-25-40(32-60-2)55-44-14-13-43(64)26-37(44)10-15-47(55)63-54-30-41(19-22-62-54)59(20-18-48(65)46(59)31-42-8-4-21-61-42)56(51(68)27-38)49(66)16-11-36-12-17-50(67)58-45(36)9-5-23-71-58/h3-4,7-8,10,12-15,17,19,21-22,26,28-30,34-35,38,40,46,48-49,56,60-61,64-67,69-70H,5-6,9,11,16,18,20,23-25,27,31-33H2,1-2H3,(H,62,63)/t34-,35+,38+,40-,46-,48+,49+,56+,59-/m0/s1. The lowest BCUT2D eigenvalue weighted by Crippen LogP contribution is -2.51. The first-order chi connectivity index (χ1) is 34.9. The zero-order valence-electron chi connectivity index (χ0n) is 41.2. The molecule has 9 N–H and O–H groups in total. The molecule has 0 saturated heterocycles. The lowest BCUT2D eigenvalue weighted by molar-refractivity contribution is -0.132. The molecule has 72 heavy (non-hydrogen) atoms. The van der Waals surface area contributed by atoms with E-state index in [1.807, 2.05) is 61.8 Å². The predicted octanol–water partition coefficient (Wildman–Crippen LogP) is 9.75. The molecular weight excluding hydrogens is 909 g/mol. The van der Waals surface area contributed by atoms with Gasteiger partial charge >= 0.3 is 0 Å². The number of aryl methyl sites for hydroxylation is 1. The van der Waals surface area contributed by atoms with Crippen molar-refractivity contribution in [2.45, 2.75) is 107 Å². The molecule has 1 fully saturated rings. The molecule has 13 nitrogen and oxygen atoms in total. The van der Waals surface area contributed by atoms with Gasteiger partial charge in [-0.2, -0.15) is 0 Å². The van der Waals surface area contributed by atoms with Crippen LogP contribution in [0.3, 0.4) is 0 Å². The van der Waals surface area contributed by atoms with Crippen molar-refractivity contribution in [3.05, 3.63) is 137 Å². The summed E-state index contributed by atoms with van der Waals surface area (Å²) >= 11 is 0. The Kier molecular flexibility index (Phi) is 14.2. The topological polar surface area (TPSA) is 210 Å². The average molecular weight is 977 g/mol. The van der Waals surface area contributed by atoms with Crippen LogP contribution in [0, 0.1) is 23.7 Å². The maximum atomic E-state index is 16.4. The number of aliphatic hydroxyl groups excluding tert-OH is 2. The molecule has 6 aromatic rings. The molecule has 2 aliphatic carbocycles. The van der Waals surface area contributed by atoms with E-state index in [9.17, 15) is 30.6 Å². The highest BCUT2D eigenvalue weighted by Crippen LogP contribution is 2.56. The molecule has 4 heterocycles. The van der Waals surface area contributed by atoms with Gasteiger partial charge in [-0.25, -0.2) is 4.98 Å². The number of aromatic nitrogens is 2. The van der Waals surface area contributed by atoms with Crippen molar-refractivity contribution in [2.75, 3.05) is 32.1 Å². The van der Waals surface area contributed by atoms with Crippen molar-refractivity contribution in [3.8, 4) is 34.5 Å². The Morgan fingerprint density at radius 1 is 1.00 bits per heavy atom. The monoisotopic (exact) mass is 976 g/mol. The van der Waals surface area contributed by atoms with E-state index in [0.29, 0.717) is 81.3 Å². The minimum absolute atomic E-state index is 0.0593. The Bertz CT molecular complexity index is 2940. The first-order valence-electron chi connectivity index (χ1n) is 25.9. The van der Waals surface area contributed by atoms with E-state index >= 15 is 4.79 Å². The summed E-state index contributed by atoms with van der Waals surface area (Å²) in [6, 6.07) is 23.9. The molecule has 13 heteroatoms. The molecule has 1 saturated carbocycles. The third kappa shape index (κ3) is 9.74. The van der Waals surface area contributed by atoms with Crippen molar-refractivity contribution in [2.24, 2.45) is 23.7 Å². The lowest BCUT2D eigenvalue weighted by atomic mass is 9.58. The number of phenols is 4. The van der Waals surface area contributed by atoms with E-state index in [2.05, 4.69) is 34.7 Å². The molecule has 2 aliphatic heterocycles. The molecular formula is C59H68N4O9. The van der Waals surface area contributed by atoms with E-state index in [0.717, 1.165) is 63.7 Å². The second-order valence-electron chi connectivity index (χ2n) is 21.0. The second kappa shape index (κ2) is 20.9. The van der Waals surface area contributed by atoms with Gasteiger partial charge in [-0.15, -0.1) is 0 Å². The Labute approximate surface area is 421 Å². The number of anilines is 2. The predicted molar refractivity (Wildman–Crippen MR) is 278 cm³/mol. The van der Waals surface area contributed by atoms with Gasteiger partial charge in [0, 0.05) is 59.6 Å². The second-order valence-corrected chi connectivity index (χ2v) is 21.0. The first-order valence-corrected chi connectivity index (χ1v) is 25.9. The number of pyridine rings is 1. The van der Waals surface area contributed by atoms with Crippen LogP contribution in [0.1, 0.15) is 104 Å². The van der Waals surface area contributed by atoms with Crippen LogP contribution in [0.15, 0.2) is 103 Å². The summed E-state index contributed by atoms with van der Waals surface area (Å²) in [7, 11) is 1.89. The van der Waals surface area contributed by atoms with Crippen molar-refractivity contribution in [3.63, 3.8) is 0 Å². The number of benzene rings is 4. The number of likely N-dealkylation sites (N-methyl/N-ethyl adjacent to an activating group) is 1. The van der Waals surface area contributed by atoms with Crippen LogP contribution in [0.2, 0.25) is 0 Å². The number of phenolic OH excluding ortho intramolecular Hbond substituents is 4. The number of rotatable bonds is 12. The molecule has 0 amide bonds. The van der Waals surface area contributed by atoms with E-state index in [-0.39, 0.29) is 59.2 Å². The highest BCUT2D eigenvalue weighted by molar-refractivity contribution is 5.93. The summed E-state index contributed by atoms with van der Waals surface area (Å²) in [4.78, 5) is 24.6. The molecule has 0 unspecified atom stereocenters. The average Bonchev–Trinajstić information content (AvgIpc) is 4.01. The number of aromatic hydroxyl groups is 4. The first kappa shape index (κ1) is 49.1. The molecule has 9 atom stereocenters. The number of ether oxygens (including phenoxy) is 2. The number of allylic oxidation sites excluding steroid dienone is 1. The van der Waals surface area contributed by atoms with Gasteiger partial charge in [0.05, 0.1) is 31.3 Å². The molecule has 1 spiro atoms. The summed E-state index contributed by atoms with van der Waals surface area (Å²) in [6.45, 7) is 3.48. The van der Waals surface area contributed by atoms with Crippen LogP contribution in [0.25, 0.3) is 10.8 Å². The number of Topliss-reactive ketones (excluding diaryl/α,β-unsaturated/α-hetero) is 1. The number of ketones is 1. The van der Waals surface area contributed by atoms with Crippen molar-refractivity contribution >= 4 is 28.1 Å². The fourth-order valence-electron chi connectivity index (χ4n) is 13.0. The number of aromatic amines is 1. The van der Waals surface area contributed by atoms with Gasteiger partial charge in [0.1, 0.15) is 17.4 Å². The summed E-state index contributed by atoms with van der Waals surface area (Å²) in [5.74, 6) is -1.39. The number of fused-ring (bicyclic) bond motifs is 7. The van der Waals surface area contributed by atoms with E-state index in [4.69, 9.17) is 14.5 Å². The SMILES string of the molecule is CNC[C@@H]1C[C@@H](c2cc(O)c(O)c(OC[C@@H]3C=CC[C@H](C)C3)c2)CC(=O)[C@@H]([C@H](O)CCc2ccc(O)c3c2CCCO3)[C@@]2(CC[C@@H](O)[C@@H]2Cc2ccc[nH]2)c2ccnc(c2)Nc2ccc3cc(O)ccc3c21. The minimum atomic E-state index is -1.20. The zero-order chi connectivity index (χ0) is 50.1. The van der Waals surface area contributed by atoms with Crippen LogP contribution in [-0.4, -0.2) is 85.4 Å². The number of nitrogens with one attached hydrogen (secondary N) is 3. The summed E-state index contributed by atoms with van der Waals surface area (Å²) in [6.07, 6.45) is 11.5. The highest BCUT2D eigenvalue weighted by Gasteiger charge is 2.58. The Balaban J connectivity index is 1.15. The number of nitrogens with zero attached hydrogens (tertiary/aromatic N) is 1. The van der Waals surface area contributed by atoms with Gasteiger partial charge in [0.15, 0.2) is 23.0 Å². The number of hydrogen-bond donors (Lipinski definition) is 9. The van der Waals surface area contributed by atoms with Gasteiger partial charge in [-0.05, 0) is 183 Å².